The molecule has 0 unspecified atom stereocenters. The molecule has 8 heteroatoms. The lowest BCUT2D eigenvalue weighted by atomic mass is 10.2. The van der Waals surface area contributed by atoms with E-state index in [9.17, 15) is 9.59 Å². The molecule has 2 aromatic heterocycles. The number of nitrogens with two attached hydrogens (primary N) is 1. The number of amides is 2. The Labute approximate surface area is 143 Å². The average molecular weight is 337 g/mol. The first kappa shape index (κ1) is 16.3. The third-order valence-corrected chi connectivity index (χ3v) is 3.41. The molecule has 0 saturated heterocycles. The lowest BCUT2D eigenvalue weighted by molar-refractivity contribution is -0.116. The van der Waals surface area contributed by atoms with Crippen molar-refractivity contribution in [3.05, 3.63) is 60.2 Å². The van der Waals surface area contributed by atoms with Crippen LogP contribution in [-0.2, 0) is 11.2 Å². The third kappa shape index (κ3) is 4.25. The molecule has 3 rings (SSSR count). The second-order valence-electron chi connectivity index (χ2n) is 5.24. The number of carbonyl (C=O) groups is 2. The van der Waals surface area contributed by atoms with E-state index in [1.807, 2.05) is 6.07 Å². The van der Waals surface area contributed by atoms with Gasteiger partial charge in [-0.3, -0.25) is 14.6 Å². The van der Waals surface area contributed by atoms with Gasteiger partial charge in [0.05, 0.1) is 0 Å². The lowest BCUT2D eigenvalue weighted by Crippen LogP contribution is -2.13. The normalized spacial score (nSPS) is 10.4. The van der Waals surface area contributed by atoms with E-state index in [0.29, 0.717) is 29.4 Å². The second kappa shape index (κ2) is 7.35. The van der Waals surface area contributed by atoms with E-state index in [4.69, 9.17) is 10.3 Å². The summed E-state index contributed by atoms with van der Waals surface area (Å²) >= 11 is 0. The minimum absolute atomic E-state index is 0.187. The molecule has 3 aromatic rings. The van der Waals surface area contributed by atoms with Crippen LogP contribution in [0.3, 0.4) is 0 Å². The molecule has 0 aliphatic carbocycles. The largest absolute Gasteiger partial charge is 0.366 e. The van der Waals surface area contributed by atoms with Crippen LogP contribution in [0, 0.1) is 0 Å². The van der Waals surface area contributed by atoms with Crippen LogP contribution in [0.1, 0.15) is 22.7 Å². The van der Waals surface area contributed by atoms with Crippen LogP contribution in [0.25, 0.3) is 11.4 Å². The molecule has 1 aromatic carbocycles. The van der Waals surface area contributed by atoms with Crippen LogP contribution < -0.4 is 11.1 Å². The van der Waals surface area contributed by atoms with Gasteiger partial charge in [-0.2, -0.15) is 4.98 Å². The van der Waals surface area contributed by atoms with E-state index >= 15 is 0 Å². The highest BCUT2D eigenvalue weighted by atomic mass is 16.5. The van der Waals surface area contributed by atoms with E-state index in [0.717, 1.165) is 5.56 Å². The van der Waals surface area contributed by atoms with Crippen molar-refractivity contribution in [3.63, 3.8) is 0 Å². The van der Waals surface area contributed by atoms with Gasteiger partial charge in [0.2, 0.25) is 23.5 Å². The summed E-state index contributed by atoms with van der Waals surface area (Å²) in [5.41, 5.74) is 6.88. The predicted octanol–water partition coefficient (Wildman–Crippen LogP) is 1.80. The van der Waals surface area contributed by atoms with Gasteiger partial charge >= 0.3 is 0 Å². The van der Waals surface area contributed by atoms with E-state index in [-0.39, 0.29) is 12.3 Å². The van der Waals surface area contributed by atoms with E-state index in [1.165, 1.54) is 0 Å². The predicted molar refractivity (Wildman–Crippen MR) is 89.4 cm³/mol. The summed E-state index contributed by atoms with van der Waals surface area (Å²) < 4.78 is 5.14. The Balaban J connectivity index is 1.54. The van der Waals surface area contributed by atoms with E-state index < -0.39 is 5.91 Å². The molecule has 0 aliphatic rings. The minimum Gasteiger partial charge on any atom is -0.366 e. The zero-order valence-corrected chi connectivity index (χ0v) is 13.2. The number of benzene rings is 1. The van der Waals surface area contributed by atoms with Crippen LogP contribution in [0.5, 0.6) is 0 Å². The number of anilines is 1. The number of carbonyl (C=O) groups excluding carboxylic acids is 2. The SMILES string of the molecule is NC(=O)c1ccc(NC(=O)CCc2nc(-c3cccnc3)no2)cc1. The number of hydrogen-bond donors (Lipinski definition) is 2. The molecule has 2 heterocycles. The van der Waals surface area contributed by atoms with Gasteiger partial charge in [-0.1, -0.05) is 5.16 Å². The molecule has 126 valence electrons. The average Bonchev–Trinajstić information content (AvgIpc) is 3.10. The molecule has 0 aliphatic heterocycles. The summed E-state index contributed by atoms with van der Waals surface area (Å²) in [6.07, 6.45) is 3.80. The van der Waals surface area contributed by atoms with Gasteiger partial charge in [0, 0.05) is 42.0 Å². The quantitative estimate of drug-likeness (QED) is 0.707. The molecule has 0 fully saturated rings. The van der Waals surface area contributed by atoms with Crippen molar-refractivity contribution in [2.24, 2.45) is 5.73 Å². The fraction of sp³-hybridized carbons (Fsp3) is 0.118. The highest BCUT2D eigenvalue weighted by Crippen LogP contribution is 2.15. The number of pyridine rings is 1. The standard InChI is InChI=1S/C17H15N5O3/c18-16(24)11-3-5-13(6-4-11)20-14(23)7-8-15-21-17(22-25-15)12-2-1-9-19-10-12/h1-6,9-10H,7-8H2,(H2,18,24)(H,20,23). The van der Waals surface area contributed by atoms with Gasteiger partial charge in [-0.15, -0.1) is 0 Å². The van der Waals surface area contributed by atoms with Crippen molar-refractivity contribution in [2.45, 2.75) is 12.8 Å². The van der Waals surface area contributed by atoms with Crippen LogP contribution in [0.4, 0.5) is 5.69 Å². The topological polar surface area (TPSA) is 124 Å². The lowest BCUT2D eigenvalue weighted by Gasteiger charge is -2.04. The number of aromatic nitrogens is 3. The molecule has 0 atom stereocenters. The molecule has 8 nitrogen and oxygen atoms in total. The Morgan fingerprint density at radius 2 is 1.96 bits per heavy atom. The number of nitrogens with one attached hydrogen (secondary N) is 1. The van der Waals surface area contributed by atoms with Crippen molar-refractivity contribution in [1.82, 2.24) is 15.1 Å². The Bertz CT molecular complexity index is 875. The van der Waals surface area contributed by atoms with Gasteiger partial charge in [0.15, 0.2) is 0 Å². The summed E-state index contributed by atoms with van der Waals surface area (Å²) in [7, 11) is 0. The molecule has 0 bridgehead atoms. The number of nitrogens with zero attached hydrogens (tertiary/aromatic N) is 3. The van der Waals surface area contributed by atoms with E-state index in [1.54, 1.807) is 42.7 Å². The highest BCUT2D eigenvalue weighted by Gasteiger charge is 2.11. The maximum atomic E-state index is 12.0. The van der Waals surface area contributed by atoms with Gasteiger partial charge in [0.1, 0.15) is 0 Å². The van der Waals surface area contributed by atoms with Gasteiger partial charge in [0.25, 0.3) is 0 Å². The van der Waals surface area contributed by atoms with Crippen molar-refractivity contribution in [3.8, 4) is 11.4 Å². The van der Waals surface area contributed by atoms with Gasteiger partial charge in [-0.25, -0.2) is 0 Å². The Morgan fingerprint density at radius 3 is 2.64 bits per heavy atom. The number of primary amides is 1. The molecule has 3 N–H and O–H groups in total. The monoisotopic (exact) mass is 337 g/mol. The van der Waals surface area contributed by atoms with Crippen LogP contribution in [-0.4, -0.2) is 26.9 Å². The van der Waals surface area contributed by atoms with Crippen molar-refractivity contribution in [2.75, 3.05) is 5.32 Å². The molecule has 2 amide bonds. The molecule has 0 radical (unpaired) electrons. The van der Waals surface area contributed by atoms with Gasteiger partial charge in [-0.05, 0) is 36.4 Å². The first-order valence-corrected chi connectivity index (χ1v) is 7.54. The summed E-state index contributed by atoms with van der Waals surface area (Å²) in [6.45, 7) is 0. The second-order valence-corrected chi connectivity index (χ2v) is 5.24. The fourth-order valence-corrected chi connectivity index (χ4v) is 2.13. The van der Waals surface area contributed by atoms with Gasteiger partial charge < -0.3 is 15.6 Å². The fourth-order valence-electron chi connectivity index (χ4n) is 2.13. The number of aryl methyl sites for hydroxylation is 1. The Kier molecular flexibility index (Phi) is 4.79. The van der Waals surface area contributed by atoms with Crippen molar-refractivity contribution in [1.29, 1.82) is 0 Å². The molecule has 0 spiro atoms. The first-order chi connectivity index (χ1) is 12.1. The van der Waals surface area contributed by atoms with Crippen LogP contribution >= 0.6 is 0 Å². The number of hydrogen-bond acceptors (Lipinski definition) is 6. The smallest absolute Gasteiger partial charge is 0.248 e. The van der Waals surface area contributed by atoms with Crippen molar-refractivity contribution < 1.29 is 14.1 Å². The van der Waals surface area contributed by atoms with Crippen molar-refractivity contribution >= 4 is 17.5 Å². The van der Waals surface area contributed by atoms with Crippen LogP contribution in [0.2, 0.25) is 0 Å². The zero-order valence-electron chi connectivity index (χ0n) is 13.2. The Hall–Kier alpha value is -3.55. The first-order valence-electron chi connectivity index (χ1n) is 7.54. The summed E-state index contributed by atoms with van der Waals surface area (Å²) in [5, 5.41) is 6.60. The minimum atomic E-state index is -0.515. The summed E-state index contributed by atoms with van der Waals surface area (Å²) in [5.74, 6) is 0.0928. The molecule has 25 heavy (non-hydrogen) atoms. The molecular formula is C17H15N5O3. The summed E-state index contributed by atoms with van der Waals surface area (Å²) in [4.78, 5) is 31.2. The molecule has 0 saturated carbocycles. The Morgan fingerprint density at radius 1 is 1.16 bits per heavy atom. The van der Waals surface area contributed by atoms with Crippen LogP contribution in [0.15, 0.2) is 53.3 Å². The highest BCUT2D eigenvalue weighted by molar-refractivity contribution is 5.94. The third-order valence-electron chi connectivity index (χ3n) is 3.41. The zero-order chi connectivity index (χ0) is 17.6. The maximum Gasteiger partial charge on any atom is 0.248 e. The summed E-state index contributed by atoms with van der Waals surface area (Å²) in [6, 6.07) is 9.94. The maximum absolute atomic E-state index is 12.0. The van der Waals surface area contributed by atoms with E-state index in [2.05, 4.69) is 20.4 Å². The molecular weight excluding hydrogens is 322 g/mol. The number of rotatable bonds is 6.